The molecule has 96 valence electrons. The van der Waals surface area contributed by atoms with Crippen LogP contribution in [0.15, 0.2) is 54.6 Å². The van der Waals surface area contributed by atoms with E-state index in [4.69, 9.17) is 0 Å². The van der Waals surface area contributed by atoms with Gasteiger partial charge in [0.25, 0.3) is 0 Å². The molecular weight excluding hydrogens is 237 g/mol. The molecule has 2 rings (SSSR count). The molecule has 0 saturated carbocycles. The minimum atomic E-state index is -0.260. The first kappa shape index (κ1) is 13.3. The second-order valence-electron chi connectivity index (χ2n) is 4.61. The van der Waals surface area contributed by atoms with Crippen molar-refractivity contribution in [3.8, 4) is 6.07 Å². The second-order valence-corrected chi connectivity index (χ2v) is 4.61. The lowest BCUT2D eigenvalue weighted by Gasteiger charge is -2.09. The monoisotopic (exact) mass is 253 g/mol. The van der Waals surface area contributed by atoms with Crippen LogP contribution in [0.25, 0.3) is 0 Å². The molecule has 0 N–H and O–H groups in total. The minimum Gasteiger partial charge on any atom is -0.207 e. The molecule has 1 atom stereocenters. The van der Waals surface area contributed by atoms with E-state index in [1.54, 1.807) is 12.1 Å². The Balaban J connectivity index is 1.90. The van der Waals surface area contributed by atoms with E-state index in [1.165, 1.54) is 17.7 Å². The van der Waals surface area contributed by atoms with E-state index in [2.05, 4.69) is 18.2 Å². The van der Waals surface area contributed by atoms with Gasteiger partial charge in [-0.25, -0.2) is 4.39 Å². The van der Waals surface area contributed by atoms with Crippen molar-refractivity contribution < 1.29 is 4.39 Å². The number of nitriles is 1. The maximum absolute atomic E-state index is 12.8. The van der Waals surface area contributed by atoms with Crippen LogP contribution in [0, 0.1) is 17.1 Å². The Labute approximate surface area is 113 Å². The fourth-order valence-corrected chi connectivity index (χ4v) is 2.16. The summed E-state index contributed by atoms with van der Waals surface area (Å²) in [7, 11) is 0. The average Bonchev–Trinajstić information content (AvgIpc) is 2.46. The van der Waals surface area contributed by atoms with Crippen molar-refractivity contribution in [2.45, 2.75) is 25.2 Å². The van der Waals surface area contributed by atoms with E-state index in [0.29, 0.717) is 0 Å². The zero-order chi connectivity index (χ0) is 13.5. The Kier molecular flexibility index (Phi) is 4.69. The van der Waals surface area contributed by atoms with Crippen molar-refractivity contribution in [1.29, 1.82) is 5.26 Å². The number of hydrogen-bond acceptors (Lipinski definition) is 1. The molecule has 0 aliphatic heterocycles. The summed E-state index contributed by atoms with van der Waals surface area (Å²) in [6, 6.07) is 18.8. The van der Waals surface area contributed by atoms with Gasteiger partial charge < -0.3 is 0 Å². The summed E-state index contributed by atoms with van der Waals surface area (Å²) < 4.78 is 12.8. The topological polar surface area (TPSA) is 23.8 Å². The van der Waals surface area contributed by atoms with Gasteiger partial charge in [-0.05, 0) is 42.5 Å². The minimum absolute atomic E-state index is 0.149. The molecule has 0 fully saturated rings. The van der Waals surface area contributed by atoms with Gasteiger partial charge in [0, 0.05) is 0 Å². The van der Waals surface area contributed by atoms with Crippen molar-refractivity contribution >= 4 is 0 Å². The Morgan fingerprint density at radius 2 is 1.68 bits per heavy atom. The highest BCUT2D eigenvalue weighted by molar-refractivity contribution is 5.25. The summed E-state index contributed by atoms with van der Waals surface area (Å²) in [5, 5.41) is 9.20. The van der Waals surface area contributed by atoms with Gasteiger partial charge in [0.2, 0.25) is 0 Å². The largest absolute Gasteiger partial charge is 0.207 e. The molecule has 0 heterocycles. The third kappa shape index (κ3) is 3.93. The SMILES string of the molecule is N#CC(CCCc1ccccc1)c1ccc(F)cc1. The predicted octanol–water partition coefficient (Wildman–Crippen LogP) is 4.46. The van der Waals surface area contributed by atoms with Crippen LogP contribution in [-0.2, 0) is 6.42 Å². The van der Waals surface area contributed by atoms with E-state index in [-0.39, 0.29) is 11.7 Å². The summed E-state index contributed by atoms with van der Waals surface area (Å²) in [5.74, 6) is -0.408. The van der Waals surface area contributed by atoms with Crippen LogP contribution in [0.2, 0.25) is 0 Å². The highest BCUT2D eigenvalue weighted by Gasteiger charge is 2.10. The van der Waals surface area contributed by atoms with Gasteiger partial charge in [0.05, 0.1) is 12.0 Å². The molecule has 0 bridgehead atoms. The molecule has 0 aliphatic rings. The fraction of sp³-hybridized carbons (Fsp3) is 0.235. The Morgan fingerprint density at radius 3 is 2.32 bits per heavy atom. The molecule has 0 amide bonds. The van der Waals surface area contributed by atoms with E-state index in [9.17, 15) is 9.65 Å². The smallest absolute Gasteiger partial charge is 0.123 e. The molecule has 0 aliphatic carbocycles. The van der Waals surface area contributed by atoms with E-state index < -0.39 is 0 Å². The molecule has 0 radical (unpaired) electrons. The summed E-state index contributed by atoms with van der Waals surface area (Å²) >= 11 is 0. The Bertz CT molecular complexity index is 540. The van der Waals surface area contributed by atoms with Crippen LogP contribution in [0.1, 0.15) is 29.9 Å². The average molecular weight is 253 g/mol. The van der Waals surface area contributed by atoms with Crippen LogP contribution in [-0.4, -0.2) is 0 Å². The summed E-state index contributed by atoms with van der Waals surface area (Å²) in [6.07, 6.45) is 2.73. The lowest BCUT2D eigenvalue weighted by Crippen LogP contribution is -1.97. The van der Waals surface area contributed by atoms with Gasteiger partial charge in [-0.1, -0.05) is 42.5 Å². The Morgan fingerprint density at radius 1 is 1.00 bits per heavy atom. The number of benzene rings is 2. The maximum Gasteiger partial charge on any atom is 0.123 e. The number of nitrogens with zero attached hydrogens (tertiary/aromatic N) is 1. The maximum atomic E-state index is 12.8. The lowest BCUT2D eigenvalue weighted by atomic mass is 9.94. The number of aryl methyl sites for hydroxylation is 1. The zero-order valence-electron chi connectivity index (χ0n) is 10.7. The third-order valence-electron chi connectivity index (χ3n) is 3.23. The van der Waals surface area contributed by atoms with Gasteiger partial charge in [-0.15, -0.1) is 0 Å². The standard InChI is InChI=1S/C17H16FN/c18-17-11-9-15(10-12-17)16(13-19)8-4-7-14-5-2-1-3-6-14/h1-3,5-6,9-12,16H,4,7-8H2. The van der Waals surface area contributed by atoms with Crippen LogP contribution >= 0.6 is 0 Å². The molecule has 2 aromatic rings. The quantitative estimate of drug-likeness (QED) is 0.772. The first-order valence-electron chi connectivity index (χ1n) is 6.48. The first-order valence-corrected chi connectivity index (χ1v) is 6.48. The van der Waals surface area contributed by atoms with Crippen LogP contribution in [0.5, 0.6) is 0 Å². The molecule has 2 aromatic carbocycles. The highest BCUT2D eigenvalue weighted by atomic mass is 19.1. The van der Waals surface area contributed by atoms with Crippen molar-refractivity contribution in [1.82, 2.24) is 0 Å². The van der Waals surface area contributed by atoms with Crippen molar-refractivity contribution in [3.63, 3.8) is 0 Å². The first-order chi connectivity index (χ1) is 9.29. The van der Waals surface area contributed by atoms with E-state index in [0.717, 1.165) is 24.8 Å². The lowest BCUT2D eigenvalue weighted by molar-refractivity contribution is 0.624. The van der Waals surface area contributed by atoms with E-state index in [1.807, 2.05) is 18.2 Å². The zero-order valence-corrected chi connectivity index (χ0v) is 10.7. The summed E-state index contributed by atoms with van der Waals surface area (Å²) in [4.78, 5) is 0. The van der Waals surface area contributed by atoms with Crippen LogP contribution in [0.4, 0.5) is 4.39 Å². The van der Waals surface area contributed by atoms with Gasteiger partial charge in [-0.3, -0.25) is 0 Å². The number of rotatable bonds is 5. The molecule has 19 heavy (non-hydrogen) atoms. The van der Waals surface area contributed by atoms with Gasteiger partial charge in [0.15, 0.2) is 0 Å². The van der Waals surface area contributed by atoms with Crippen LogP contribution in [0.3, 0.4) is 0 Å². The van der Waals surface area contributed by atoms with Crippen LogP contribution < -0.4 is 0 Å². The third-order valence-corrected chi connectivity index (χ3v) is 3.23. The summed E-state index contributed by atoms with van der Waals surface area (Å²) in [5.41, 5.74) is 2.19. The molecular formula is C17H16FN. The molecule has 1 nitrogen and oxygen atoms in total. The van der Waals surface area contributed by atoms with Gasteiger partial charge in [0.1, 0.15) is 5.82 Å². The molecule has 0 aromatic heterocycles. The number of hydrogen-bond donors (Lipinski definition) is 0. The normalized spacial score (nSPS) is 11.8. The van der Waals surface area contributed by atoms with Gasteiger partial charge in [-0.2, -0.15) is 5.26 Å². The molecule has 2 heteroatoms. The van der Waals surface area contributed by atoms with Crippen molar-refractivity contribution in [2.24, 2.45) is 0 Å². The van der Waals surface area contributed by atoms with Gasteiger partial charge >= 0.3 is 0 Å². The van der Waals surface area contributed by atoms with Crippen molar-refractivity contribution in [3.05, 3.63) is 71.5 Å². The Hall–Kier alpha value is -2.14. The number of halogens is 1. The van der Waals surface area contributed by atoms with E-state index >= 15 is 0 Å². The van der Waals surface area contributed by atoms with Crippen molar-refractivity contribution in [2.75, 3.05) is 0 Å². The molecule has 0 saturated heterocycles. The second kappa shape index (κ2) is 6.70. The molecule has 0 spiro atoms. The highest BCUT2D eigenvalue weighted by Crippen LogP contribution is 2.21. The fourth-order valence-electron chi connectivity index (χ4n) is 2.16. The molecule has 1 unspecified atom stereocenters. The predicted molar refractivity (Wildman–Crippen MR) is 74.1 cm³/mol. The summed E-state index contributed by atoms with van der Waals surface area (Å²) in [6.45, 7) is 0.